The Morgan fingerprint density at radius 3 is 2.57 bits per heavy atom. The summed E-state index contributed by atoms with van der Waals surface area (Å²) in [6, 6.07) is 18.7. The van der Waals surface area contributed by atoms with Gasteiger partial charge in [-0.25, -0.2) is 0 Å². The van der Waals surface area contributed by atoms with Crippen molar-refractivity contribution in [1.82, 2.24) is 15.2 Å². The Bertz CT molecular complexity index is 1180. The van der Waals surface area contributed by atoms with Crippen LogP contribution in [0.5, 0.6) is 0 Å². The van der Waals surface area contributed by atoms with Crippen LogP contribution in [-0.4, -0.2) is 15.2 Å². The second-order valence-corrected chi connectivity index (χ2v) is 6.53. The van der Waals surface area contributed by atoms with Crippen molar-refractivity contribution in [3.8, 4) is 11.4 Å². The molecule has 5 rings (SSSR count). The molecule has 0 saturated carbocycles. The Balaban J connectivity index is 1.87. The number of rotatable bonds is 1. The molecule has 0 saturated heterocycles. The smallest absolute Gasteiger partial charge is 0.121 e. The molecule has 3 nitrogen and oxygen atoms in total. The molecule has 108 valence electrons. The SMILES string of the molecule is c1ccc2cc(-c3nncc4sc5ccccc5c34)ncc2c1. The fourth-order valence-electron chi connectivity index (χ4n) is 2.98. The molecule has 3 heterocycles. The Morgan fingerprint density at radius 1 is 0.783 bits per heavy atom. The van der Waals surface area contributed by atoms with E-state index >= 15 is 0 Å². The van der Waals surface area contributed by atoms with Gasteiger partial charge in [0.2, 0.25) is 0 Å². The maximum absolute atomic E-state index is 4.62. The summed E-state index contributed by atoms with van der Waals surface area (Å²) in [6.45, 7) is 0. The van der Waals surface area contributed by atoms with Gasteiger partial charge < -0.3 is 0 Å². The zero-order chi connectivity index (χ0) is 15.2. The number of nitrogens with zero attached hydrogens (tertiary/aromatic N) is 3. The quantitative estimate of drug-likeness (QED) is 0.434. The van der Waals surface area contributed by atoms with E-state index in [0.29, 0.717) is 0 Å². The molecule has 0 amide bonds. The largest absolute Gasteiger partial charge is 0.254 e. The van der Waals surface area contributed by atoms with Crippen molar-refractivity contribution in [3.63, 3.8) is 0 Å². The first-order valence-electron chi connectivity index (χ1n) is 7.38. The molecule has 2 aromatic carbocycles. The summed E-state index contributed by atoms with van der Waals surface area (Å²) in [5, 5.41) is 13.2. The van der Waals surface area contributed by atoms with Crippen molar-refractivity contribution in [1.29, 1.82) is 0 Å². The van der Waals surface area contributed by atoms with E-state index in [1.807, 2.05) is 24.5 Å². The number of hydrogen-bond donors (Lipinski definition) is 0. The lowest BCUT2D eigenvalue weighted by Crippen LogP contribution is -1.91. The van der Waals surface area contributed by atoms with Gasteiger partial charge in [0.15, 0.2) is 0 Å². The molecule has 0 aliphatic carbocycles. The normalized spacial score (nSPS) is 11.5. The van der Waals surface area contributed by atoms with Crippen LogP contribution >= 0.6 is 11.3 Å². The number of fused-ring (bicyclic) bond motifs is 4. The van der Waals surface area contributed by atoms with E-state index in [0.717, 1.165) is 32.2 Å². The van der Waals surface area contributed by atoms with E-state index in [1.54, 1.807) is 11.3 Å². The van der Waals surface area contributed by atoms with E-state index < -0.39 is 0 Å². The molecule has 0 radical (unpaired) electrons. The van der Waals surface area contributed by atoms with Crippen molar-refractivity contribution in [3.05, 3.63) is 67.0 Å². The van der Waals surface area contributed by atoms with Crippen molar-refractivity contribution < 1.29 is 0 Å². The molecular weight excluding hydrogens is 302 g/mol. The second kappa shape index (κ2) is 4.83. The van der Waals surface area contributed by atoms with Gasteiger partial charge in [0.1, 0.15) is 5.69 Å². The summed E-state index contributed by atoms with van der Waals surface area (Å²) in [6.07, 6.45) is 3.74. The van der Waals surface area contributed by atoms with Crippen LogP contribution in [-0.2, 0) is 0 Å². The van der Waals surface area contributed by atoms with E-state index in [1.165, 1.54) is 10.1 Å². The lowest BCUT2D eigenvalue weighted by atomic mass is 10.1. The minimum atomic E-state index is 0.853. The van der Waals surface area contributed by atoms with Crippen molar-refractivity contribution in [2.24, 2.45) is 0 Å². The van der Waals surface area contributed by atoms with Gasteiger partial charge in [-0.05, 0) is 17.5 Å². The number of aromatic nitrogens is 3. The van der Waals surface area contributed by atoms with Gasteiger partial charge in [-0.2, -0.15) is 5.10 Å². The molecule has 0 unspecified atom stereocenters. The first-order chi connectivity index (χ1) is 11.4. The lowest BCUT2D eigenvalue weighted by molar-refractivity contribution is 1.05. The predicted octanol–water partition coefficient (Wildman–Crippen LogP) is 5.06. The molecule has 0 spiro atoms. The topological polar surface area (TPSA) is 38.7 Å². The predicted molar refractivity (Wildman–Crippen MR) is 95.7 cm³/mol. The Morgan fingerprint density at radius 2 is 1.61 bits per heavy atom. The number of benzene rings is 2. The van der Waals surface area contributed by atoms with Crippen molar-refractivity contribution >= 4 is 42.3 Å². The highest BCUT2D eigenvalue weighted by molar-refractivity contribution is 7.25. The van der Waals surface area contributed by atoms with E-state index in [4.69, 9.17) is 0 Å². The molecule has 0 fully saturated rings. The zero-order valence-electron chi connectivity index (χ0n) is 12.1. The highest BCUT2D eigenvalue weighted by Gasteiger charge is 2.13. The second-order valence-electron chi connectivity index (χ2n) is 5.45. The first kappa shape index (κ1) is 12.7. The monoisotopic (exact) mass is 313 g/mol. The van der Waals surface area contributed by atoms with Crippen LogP contribution in [0, 0.1) is 0 Å². The maximum atomic E-state index is 4.62. The first-order valence-corrected chi connectivity index (χ1v) is 8.20. The molecule has 23 heavy (non-hydrogen) atoms. The molecule has 0 aliphatic heterocycles. The van der Waals surface area contributed by atoms with Crippen LogP contribution in [0.2, 0.25) is 0 Å². The van der Waals surface area contributed by atoms with Crippen LogP contribution in [0.25, 0.3) is 42.3 Å². The highest BCUT2D eigenvalue weighted by atomic mass is 32.1. The minimum absolute atomic E-state index is 0.853. The number of thiophene rings is 1. The van der Waals surface area contributed by atoms with Gasteiger partial charge in [-0.15, -0.1) is 16.4 Å². The summed E-state index contributed by atoms with van der Waals surface area (Å²) in [5.74, 6) is 0. The van der Waals surface area contributed by atoms with E-state index in [2.05, 4.69) is 57.6 Å². The third kappa shape index (κ3) is 1.92. The van der Waals surface area contributed by atoms with Gasteiger partial charge in [-0.1, -0.05) is 42.5 Å². The molecular formula is C19H11N3S. The van der Waals surface area contributed by atoms with Gasteiger partial charge in [-0.3, -0.25) is 4.98 Å². The summed E-state index contributed by atoms with van der Waals surface area (Å²) in [5.41, 5.74) is 1.72. The minimum Gasteiger partial charge on any atom is -0.254 e. The van der Waals surface area contributed by atoms with Crippen LogP contribution in [0.1, 0.15) is 0 Å². The third-order valence-electron chi connectivity index (χ3n) is 4.07. The van der Waals surface area contributed by atoms with Gasteiger partial charge >= 0.3 is 0 Å². The van der Waals surface area contributed by atoms with Crippen molar-refractivity contribution in [2.45, 2.75) is 0 Å². The maximum Gasteiger partial charge on any atom is 0.121 e. The lowest BCUT2D eigenvalue weighted by Gasteiger charge is -2.04. The molecule has 0 bridgehead atoms. The Hall–Kier alpha value is -2.85. The zero-order valence-corrected chi connectivity index (χ0v) is 12.9. The molecule has 0 aliphatic rings. The summed E-state index contributed by atoms with van der Waals surface area (Å²) < 4.78 is 2.39. The summed E-state index contributed by atoms with van der Waals surface area (Å²) >= 11 is 1.74. The van der Waals surface area contributed by atoms with E-state index in [9.17, 15) is 0 Å². The van der Waals surface area contributed by atoms with Crippen LogP contribution in [0.4, 0.5) is 0 Å². The molecule has 0 atom stereocenters. The van der Waals surface area contributed by atoms with Crippen molar-refractivity contribution in [2.75, 3.05) is 0 Å². The van der Waals surface area contributed by atoms with Crippen LogP contribution in [0.15, 0.2) is 67.0 Å². The summed E-state index contributed by atoms with van der Waals surface area (Å²) in [7, 11) is 0. The molecule has 0 N–H and O–H groups in total. The number of hydrogen-bond acceptors (Lipinski definition) is 4. The van der Waals surface area contributed by atoms with E-state index in [-0.39, 0.29) is 0 Å². The Kier molecular flexibility index (Phi) is 2.66. The Labute approximate surface area is 136 Å². The van der Waals surface area contributed by atoms with Crippen LogP contribution in [0.3, 0.4) is 0 Å². The molecule has 3 aromatic heterocycles. The third-order valence-corrected chi connectivity index (χ3v) is 5.17. The molecule has 5 aromatic rings. The highest BCUT2D eigenvalue weighted by Crippen LogP contribution is 2.37. The average molecular weight is 313 g/mol. The fourth-order valence-corrected chi connectivity index (χ4v) is 4.05. The van der Waals surface area contributed by atoms with Gasteiger partial charge in [0, 0.05) is 27.1 Å². The van der Waals surface area contributed by atoms with Crippen LogP contribution < -0.4 is 0 Å². The average Bonchev–Trinajstić information content (AvgIpc) is 3.00. The number of pyridine rings is 1. The van der Waals surface area contributed by atoms with Gasteiger partial charge in [0.25, 0.3) is 0 Å². The standard InChI is InChI=1S/C19H11N3S/c1-2-6-13-10-20-15(9-12(13)5-1)19-18-14-7-3-4-8-16(14)23-17(18)11-21-22-19/h1-11H. The fraction of sp³-hybridized carbons (Fsp3) is 0. The summed E-state index contributed by atoms with van der Waals surface area (Å²) in [4.78, 5) is 4.62. The van der Waals surface area contributed by atoms with Gasteiger partial charge in [0.05, 0.1) is 16.6 Å². The molecule has 4 heteroatoms.